The van der Waals surface area contributed by atoms with Gasteiger partial charge >= 0.3 is 0 Å². The number of benzene rings is 1. The molecule has 1 N–H and O–H groups in total. The Hall–Kier alpha value is -2.21. The number of imidazole rings is 1. The summed E-state index contributed by atoms with van der Waals surface area (Å²) in [6, 6.07) is 4.73. The van der Waals surface area contributed by atoms with Crippen molar-refractivity contribution in [1.82, 2.24) is 9.55 Å². The number of nitrogens with zero attached hydrogens (tertiary/aromatic N) is 3. The molecule has 0 bridgehead atoms. The lowest BCUT2D eigenvalue weighted by molar-refractivity contribution is -0.384. The highest BCUT2D eigenvalue weighted by atomic mass is 16.6. The number of rotatable bonds is 4. The summed E-state index contributed by atoms with van der Waals surface area (Å²) in [5, 5.41) is 20.7. The first kappa shape index (κ1) is 13.2. The zero-order valence-electron chi connectivity index (χ0n) is 10.8. The van der Waals surface area contributed by atoms with Crippen molar-refractivity contribution in [3.05, 3.63) is 52.1 Å². The summed E-state index contributed by atoms with van der Waals surface area (Å²) in [4.78, 5) is 14.9. The lowest BCUT2D eigenvalue weighted by Gasteiger charge is -2.10. The van der Waals surface area contributed by atoms with E-state index in [2.05, 4.69) is 4.98 Å². The molecule has 19 heavy (non-hydrogen) atoms. The van der Waals surface area contributed by atoms with Gasteiger partial charge in [-0.15, -0.1) is 0 Å². The second-order valence-corrected chi connectivity index (χ2v) is 4.25. The van der Waals surface area contributed by atoms with Crippen LogP contribution in [0.2, 0.25) is 0 Å². The van der Waals surface area contributed by atoms with Crippen LogP contribution in [0, 0.1) is 10.1 Å². The van der Waals surface area contributed by atoms with Gasteiger partial charge in [0.05, 0.1) is 11.0 Å². The predicted octanol–water partition coefficient (Wildman–Crippen LogP) is 2.40. The summed E-state index contributed by atoms with van der Waals surface area (Å²) in [6.07, 6.45) is 3.26. The SMILES string of the molecule is CCc1nccn1-c1ccc([C@@H](C)O)cc1[N+](=O)[O-]. The van der Waals surface area contributed by atoms with Crippen molar-refractivity contribution in [2.75, 3.05) is 0 Å². The number of aryl methyl sites for hydroxylation is 1. The zero-order valence-corrected chi connectivity index (χ0v) is 10.8. The third-order valence-corrected chi connectivity index (χ3v) is 2.97. The molecule has 1 heterocycles. The van der Waals surface area contributed by atoms with Crippen LogP contribution < -0.4 is 0 Å². The van der Waals surface area contributed by atoms with Gasteiger partial charge < -0.3 is 5.11 Å². The Morgan fingerprint density at radius 3 is 2.84 bits per heavy atom. The summed E-state index contributed by atoms with van der Waals surface area (Å²) in [5.74, 6) is 0.757. The van der Waals surface area contributed by atoms with Gasteiger partial charge in [0.2, 0.25) is 0 Å². The maximum absolute atomic E-state index is 11.2. The van der Waals surface area contributed by atoms with E-state index in [1.54, 1.807) is 36.0 Å². The van der Waals surface area contributed by atoms with Crippen molar-refractivity contribution >= 4 is 5.69 Å². The fourth-order valence-corrected chi connectivity index (χ4v) is 1.97. The highest BCUT2D eigenvalue weighted by Gasteiger charge is 2.19. The molecule has 0 radical (unpaired) electrons. The van der Waals surface area contributed by atoms with Crippen molar-refractivity contribution in [1.29, 1.82) is 0 Å². The summed E-state index contributed by atoms with van der Waals surface area (Å²) in [6.45, 7) is 3.52. The van der Waals surface area contributed by atoms with E-state index in [1.165, 1.54) is 6.07 Å². The van der Waals surface area contributed by atoms with Gasteiger partial charge in [-0.3, -0.25) is 14.7 Å². The monoisotopic (exact) mass is 261 g/mol. The summed E-state index contributed by atoms with van der Waals surface area (Å²) in [5.41, 5.74) is 0.948. The third-order valence-electron chi connectivity index (χ3n) is 2.97. The second-order valence-electron chi connectivity index (χ2n) is 4.25. The van der Waals surface area contributed by atoms with E-state index >= 15 is 0 Å². The van der Waals surface area contributed by atoms with Crippen molar-refractivity contribution in [3.63, 3.8) is 0 Å². The number of aromatic nitrogens is 2. The molecule has 0 aliphatic heterocycles. The van der Waals surface area contributed by atoms with E-state index < -0.39 is 11.0 Å². The van der Waals surface area contributed by atoms with Crippen LogP contribution in [-0.4, -0.2) is 19.6 Å². The van der Waals surface area contributed by atoms with Gasteiger partial charge in [0.1, 0.15) is 11.5 Å². The highest BCUT2D eigenvalue weighted by molar-refractivity contribution is 5.55. The van der Waals surface area contributed by atoms with Crippen LogP contribution in [0.5, 0.6) is 0 Å². The predicted molar refractivity (Wildman–Crippen MR) is 70.2 cm³/mol. The minimum absolute atomic E-state index is 0.0360. The van der Waals surface area contributed by atoms with E-state index in [0.29, 0.717) is 17.7 Å². The first-order chi connectivity index (χ1) is 9.04. The number of nitro groups is 1. The van der Waals surface area contributed by atoms with Gasteiger partial charge in [0.25, 0.3) is 5.69 Å². The molecule has 2 rings (SSSR count). The average molecular weight is 261 g/mol. The van der Waals surface area contributed by atoms with Gasteiger partial charge in [-0.25, -0.2) is 4.98 Å². The van der Waals surface area contributed by atoms with Crippen LogP contribution in [0.15, 0.2) is 30.6 Å². The van der Waals surface area contributed by atoms with Crippen LogP contribution >= 0.6 is 0 Å². The van der Waals surface area contributed by atoms with Crippen LogP contribution in [0.25, 0.3) is 5.69 Å². The van der Waals surface area contributed by atoms with Crippen molar-refractivity contribution < 1.29 is 10.0 Å². The molecule has 0 aliphatic rings. The van der Waals surface area contributed by atoms with Gasteiger partial charge in [0, 0.05) is 24.9 Å². The molecule has 0 aliphatic carbocycles. The Morgan fingerprint density at radius 2 is 2.26 bits per heavy atom. The largest absolute Gasteiger partial charge is 0.389 e. The average Bonchev–Trinajstić information content (AvgIpc) is 2.85. The van der Waals surface area contributed by atoms with Gasteiger partial charge in [-0.2, -0.15) is 0 Å². The van der Waals surface area contributed by atoms with Crippen LogP contribution in [0.3, 0.4) is 0 Å². The number of aliphatic hydroxyl groups is 1. The number of aliphatic hydroxyl groups excluding tert-OH is 1. The molecule has 6 heteroatoms. The first-order valence-electron chi connectivity index (χ1n) is 6.03. The van der Waals surface area contributed by atoms with Crippen LogP contribution in [-0.2, 0) is 6.42 Å². The molecule has 100 valence electrons. The topological polar surface area (TPSA) is 81.2 Å². The minimum Gasteiger partial charge on any atom is -0.389 e. The molecule has 0 spiro atoms. The third kappa shape index (κ3) is 2.48. The molecular formula is C13H15N3O3. The minimum atomic E-state index is -0.735. The zero-order chi connectivity index (χ0) is 14.0. The molecule has 1 aromatic heterocycles. The Kier molecular flexibility index (Phi) is 3.62. The summed E-state index contributed by atoms with van der Waals surface area (Å²) in [7, 11) is 0. The molecule has 0 fully saturated rings. The molecule has 6 nitrogen and oxygen atoms in total. The van der Waals surface area contributed by atoms with Crippen LogP contribution in [0.4, 0.5) is 5.69 Å². The maximum Gasteiger partial charge on any atom is 0.293 e. The van der Waals surface area contributed by atoms with E-state index in [9.17, 15) is 15.2 Å². The van der Waals surface area contributed by atoms with Gasteiger partial charge in [0.15, 0.2) is 0 Å². The number of hydrogen-bond acceptors (Lipinski definition) is 4. The Balaban J connectivity index is 2.60. The quantitative estimate of drug-likeness (QED) is 0.676. The number of hydrogen-bond donors (Lipinski definition) is 1. The molecule has 0 saturated carbocycles. The van der Waals surface area contributed by atoms with Crippen molar-refractivity contribution in [3.8, 4) is 5.69 Å². The molecule has 0 unspecified atom stereocenters. The molecule has 0 amide bonds. The fraction of sp³-hybridized carbons (Fsp3) is 0.308. The van der Waals surface area contributed by atoms with Crippen molar-refractivity contribution in [2.45, 2.75) is 26.4 Å². The van der Waals surface area contributed by atoms with E-state index in [0.717, 1.165) is 5.82 Å². The summed E-state index contributed by atoms with van der Waals surface area (Å²) < 4.78 is 1.70. The second kappa shape index (κ2) is 5.19. The highest BCUT2D eigenvalue weighted by Crippen LogP contribution is 2.27. The standard InChI is InChI=1S/C13H15N3O3/c1-3-13-14-6-7-15(13)11-5-4-10(9(2)17)8-12(11)16(18)19/h4-9,17H,3H2,1-2H3/t9-/m1/s1. The summed E-state index contributed by atoms with van der Waals surface area (Å²) >= 11 is 0. The normalized spacial score (nSPS) is 12.4. The van der Waals surface area contributed by atoms with E-state index in [-0.39, 0.29) is 5.69 Å². The maximum atomic E-state index is 11.2. The van der Waals surface area contributed by atoms with E-state index in [1.807, 2.05) is 6.92 Å². The molecular weight excluding hydrogens is 246 g/mol. The Labute approximate surface area is 110 Å². The number of nitro benzene ring substituents is 1. The molecule has 1 atom stereocenters. The lowest BCUT2D eigenvalue weighted by Crippen LogP contribution is -2.04. The van der Waals surface area contributed by atoms with Gasteiger partial charge in [-0.05, 0) is 18.6 Å². The lowest BCUT2D eigenvalue weighted by atomic mass is 10.1. The molecule has 0 saturated heterocycles. The fourth-order valence-electron chi connectivity index (χ4n) is 1.97. The van der Waals surface area contributed by atoms with Gasteiger partial charge in [-0.1, -0.05) is 13.0 Å². The van der Waals surface area contributed by atoms with E-state index in [4.69, 9.17) is 0 Å². The molecule has 2 aromatic rings. The molecule has 1 aromatic carbocycles. The van der Waals surface area contributed by atoms with Crippen molar-refractivity contribution in [2.24, 2.45) is 0 Å². The first-order valence-corrected chi connectivity index (χ1v) is 6.03. The van der Waals surface area contributed by atoms with Crippen LogP contribution in [0.1, 0.15) is 31.3 Å². The Morgan fingerprint density at radius 1 is 1.53 bits per heavy atom. The smallest absolute Gasteiger partial charge is 0.293 e. The Bertz CT molecular complexity index is 605.